The number of para-hydroxylation sites is 1. The van der Waals surface area contributed by atoms with Crippen LogP contribution in [0.5, 0.6) is 0 Å². The van der Waals surface area contributed by atoms with Crippen LogP contribution in [-0.4, -0.2) is 31.2 Å². The lowest BCUT2D eigenvalue weighted by atomic mass is 10.1. The normalized spacial score (nSPS) is 11.3. The first-order chi connectivity index (χ1) is 13.3. The summed E-state index contributed by atoms with van der Waals surface area (Å²) in [4.78, 5) is 38.3. The number of amides is 1. The molecule has 1 amide bonds. The maximum atomic E-state index is 12.5. The number of rotatable bonds is 5. The summed E-state index contributed by atoms with van der Waals surface area (Å²) in [6.07, 6.45) is -0.745. The molecule has 9 nitrogen and oxygen atoms in total. The number of nitrogens with zero attached hydrogens (tertiary/aromatic N) is 1. The number of sulfonamides is 1. The number of hydrogen-bond donors (Lipinski definition) is 2. The van der Waals surface area contributed by atoms with E-state index in [-0.39, 0.29) is 17.0 Å². The minimum Gasteiger partial charge on any atom is -0.452 e. The van der Waals surface area contributed by atoms with Crippen molar-refractivity contribution in [3.8, 4) is 0 Å². The highest BCUT2D eigenvalue weighted by Gasteiger charge is 2.17. The van der Waals surface area contributed by atoms with E-state index in [1.165, 1.54) is 12.1 Å². The summed E-state index contributed by atoms with van der Waals surface area (Å²) in [7, 11) is -2.97. The van der Waals surface area contributed by atoms with Crippen LogP contribution >= 0.6 is 0 Å². The van der Waals surface area contributed by atoms with Crippen molar-refractivity contribution in [3.05, 3.63) is 74.9 Å². The number of methoxy groups -OCH3 is 1. The topological polar surface area (TPSA) is 127 Å². The Labute approximate surface area is 159 Å². The van der Waals surface area contributed by atoms with Crippen LogP contribution in [0.3, 0.4) is 0 Å². The maximum Gasteiger partial charge on any atom is 0.420 e. The van der Waals surface area contributed by atoms with E-state index in [2.05, 4.69) is 9.72 Å². The van der Waals surface area contributed by atoms with Gasteiger partial charge in [0.1, 0.15) is 0 Å². The molecule has 3 aromatic rings. The Bertz CT molecular complexity index is 1240. The van der Waals surface area contributed by atoms with Crippen molar-refractivity contribution in [1.82, 2.24) is 14.3 Å². The Kier molecular flexibility index (Phi) is 5.32. The summed E-state index contributed by atoms with van der Waals surface area (Å²) < 4.78 is 31.1. The third-order valence-electron chi connectivity index (χ3n) is 4.15. The maximum absolute atomic E-state index is 12.5. The number of carbonyl (C=O) groups is 1. The molecule has 2 N–H and O–H groups in total. The number of aromatic amines is 1. The number of aromatic nitrogens is 2. The number of aryl methyl sites for hydroxylation is 1. The summed E-state index contributed by atoms with van der Waals surface area (Å²) in [5, 5.41) is 0.414. The largest absolute Gasteiger partial charge is 0.452 e. The molecule has 146 valence electrons. The molecule has 3 rings (SSSR count). The average Bonchev–Trinajstić information content (AvgIpc) is 2.67. The Balaban J connectivity index is 1.79. The van der Waals surface area contributed by atoms with Gasteiger partial charge in [-0.1, -0.05) is 24.3 Å². The summed E-state index contributed by atoms with van der Waals surface area (Å²) in [5.74, 6) is 0. The van der Waals surface area contributed by atoms with Gasteiger partial charge in [0, 0.05) is 6.54 Å². The predicted octanol–water partition coefficient (Wildman–Crippen LogP) is 0.977. The molecule has 0 saturated heterocycles. The molecule has 0 spiro atoms. The van der Waals surface area contributed by atoms with Gasteiger partial charge in [0.05, 0.1) is 22.9 Å². The summed E-state index contributed by atoms with van der Waals surface area (Å²) in [5.41, 5.74) is 0.295. The smallest absolute Gasteiger partial charge is 0.420 e. The van der Waals surface area contributed by atoms with Crippen molar-refractivity contribution in [1.29, 1.82) is 0 Å². The van der Waals surface area contributed by atoms with Crippen LogP contribution in [0.15, 0.2) is 63.0 Å². The Hall–Kier alpha value is -3.40. The minimum absolute atomic E-state index is 0.109. The monoisotopic (exact) mass is 403 g/mol. The lowest BCUT2D eigenvalue weighted by molar-refractivity contribution is 0.177. The van der Waals surface area contributed by atoms with Crippen LogP contribution in [0.4, 0.5) is 4.79 Å². The van der Waals surface area contributed by atoms with Crippen LogP contribution in [0.2, 0.25) is 0 Å². The first-order valence-corrected chi connectivity index (χ1v) is 9.72. The van der Waals surface area contributed by atoms with E-state index < -0.39 is 21.8 Å². The molecule has 0 aliphatic rings. The van der Waals surface area contributed by atoms with Crippen molar-refractivity contribution < 1.29 is 17.9 Å². The van der Waals surface area contributed by atoms with Gasteiger partial charge in [-0.25, -0.2) is 22.7 Å². The lowest BCUT2D eigenvalue weighted by Crippen LogP contribution is -2.35. The fraction of sp³-hybridized carbons (Fsp3) is 0.167. The van der Waals surface area contributed by atoms with Crippen LogP contribution in [0.25, 0.3) is 10.9 Å². The molecule has 0 radical (unpaired) electrons. The molecule has 2 aromatic carbocycles. The molecule has 1 heterocycles. The summed E-state index contributed by atoms with van der Waals surface area (Å²) in [6.45, 7) is 0.130. The molecular formula is C18H17N3O6S. The molecule has 0 saturated carbocycles. The van der Waals surface area contributed by atoms with Gasteiger partial charge in [0.2, 0.25) is 0 Å². The second-order valence-corrected chi connectivity index (χ2v) is 7.61. The van der Waals surface area contributed by atoms with E-state index in [0.29, 0.717) is 17.3 Å². The second kappa shape index (κ2) is 7.69. The van der Waals surface area contributed by atoms with Crippen molar-refractivity contribution >= 4 is 27.0 Å². The van der Waals surface area contributed by atoms with Crippen LogP contribution < -0.4 is 16.0 Å². The molecule has 0 aliphatic carbocycles. The highest BCUT2D eigenvalue weighted by atomic mass is 32.2. The first-order valence-electron chi connectivity index (χ1n) is 8.23. The standard InChI is InChI=1S/C18H17N3O6S/c1-27-18(24)20-28(25,26)13-8-6-12(7-9-13)10-11-21-16(22)14-4-2-3-5-15(14)19-17(21)23/h2-9H,10-11H2,1H3,(H,19,23)(H,20,24). The van der Waals surface area contributed by atoms with Crippen LogP contribution in [0, 0.1) is 0 Å². The van der Waals surface area contributed by atoms with Gasteiger partial charge in [-0.05, 0) is 36.2 Å². The Morgan fingerprint density at radius 1 is 1.11 bits per heavy atom. The van der Waals surface area contributed by atoms with E-state index in [0.717, 1.165) is 17.2 Å². The van der Waals surface area contributed by atoms with E-state index in [4.69, 9.17) is 0 Å². The number of H-pyrrole nitrogens is 1. The molecule has 28 heavy (non-hydrogen) atoms. The van der Waals surface area contributed by atoms with Gasteiger partial charge in [-0.15, -0.1) is 0 Å². The van der Waals surface area contributed by atoms with Crippen LogP contribution in [-0.2, 0) is 27.7 Å². The number of benzene rings is 2. The molecule has 10 heteroatoms. The van der Waals surface area contributed by atoms with E-state index in [1.54, 1.807) is 41.1 Å². The SMILES string of the molecule is COC(=O)NS(=O)(=O)c1ccc(CCn2c(=O)[nH]c3ccccc3c2=O)cc1. The molecular weight excluding hydrogens is 386 g/mol. The minimum atomic E-state index is -4.03. The highest BCUT2D eigenvalue weighted by Crippen LogP contribution is 2.11. The number of carbonyl (C=O) groups excluding carboxylic acids is 1. The zero-order valence-electron chi connectivity index (χ0n) is 14.8. The third kappa shape index (κ3) is 3.96. The molecule has 0 fully saturated rings. The quantitative estimate of drug-likeness (QED) is 0.654. The second-order valence-electron chi connectivity index (χ2n) is 5.92. The Morgan fingerprint density at radius 2 is 1.79 bits per heavy atom. The zero-order chi connectivity index (χ0) is 20.3. The third-order valence-corrected chi connectivity index (χ3v) is 5.48. The molecule has 0 bridgehead atoms. The highest BCUT2D eigenvalue weighted by molar-refractivity contribution is 7.90. The predicted molar refractivity (Wildman–Crippen MR) is 102 cm³/mol. The molecule has 1 aromatic heterocycles. The number of hydrogen-bond acceptors (Lipinski definition) is 6. The fourth-order valence-electron chi connectivity index (χ4n) is 2.69. The summed E-state index contributed by atoms with van der Waals surface area (Å²) in [6, 6.07) is 12.5. The fourth-order valence-corrected chi connectivity index (χ4v) is 3.60. The summed E-state index contributed by atoms with van der Waals surface area (Å²) >= 11 is 0. The van der Waals surface area contributed by atoms with Gasteiger partial charge >= 0.3 is 11.8 Å². The van der Waals surface area contributed by atoms with Gasteiger partial charge in [0.15, 0.2) is 0 Å². The lowest BCUT2D eigenvalue weighted by Gasteiger charge is -2.08. The number of ether oxygens (including phenoxy) is 1. The van der Waals surface area contributed by atoms with Crippen molar-refractivity contribution in [2.24, 2.45) is 0 Å². The van der Waals surface area contributed by atoms with Gasteiger partial charge < -0.3 is 9.72 Å². The average molecular weight is 403 g/mol. The van der Waals surface area contributed by atoms with Crippen molar-refractivity contribution in [2.45, 2.75) is 17.9 Å². The Morgan fingerprint density at radius 3 is 2.46 bits per heavy atom. The van der Waals surface area contributed by atoms with Gasteiger partial charge in [-0.3, -0.25) is 9.36 Å². The van der Waals surface area contributed by atoms with Crippen molar-refractivity contribution in [2.75, 3.05) is 7.11 Å². The van der Waals surface area contributed by atoms with E-state index >= 15 is 0 Å². The zero-order valence-corrected chi connectivity index (χ0v) is 15.7. The van der Waals surface area contributed by atoms with Gasteiger partial charge in [-0.2, -0.15) is 0 Å². The molecule has 0 unspecified atom stereocenters. The van der Waals surface area contributed by atoms with E-state index in [1.807, 2.05) is 0 Å². The molecule has 0 atom stereocenters. The number of fused-ring (bicyclic) bond motifs is 1. The van der Waals surface area contributed by atoms with Gasteiger partial charge in [0.25, 0.3) is 15.6 Å². The van der Waals surface area contributed by atoms with E-state index in [9.17, 15) is 22.8 Å². The van der Waals surface area contributed by atoms with Crippen molar-refractivity contribution in [3.63, 3.8) is 0 Å². The first kappa shape index (κ1) is 19.4. The molecule has 0 aliphatic heterocycles. The van der Waals surface area contributed by atoms with Crippen LogP contribution in [0.1, 0.15) is 5.56 Å². The number of nitrogens with one attached hydrogen (secondary N) is 2.